The lowest BCUT2D eigenvalue weighted by Gasteiger charge is -2.07. The Balaban J connectivity index is 3.13. The van der Waals surface area contributed by atoms with Crippen molar-refractivity contribution >= 4 is 15.9 Å². The fourth-order valence-electron chi connectivity index (χ4n) is 1.04. The Labute approximate surface area is 75.5 Å². The number of aryl methyl sites for hydroxylation is 1. The molecule has 0 bridgehead atoms. The molecule has 1 nitrogen and oxygen atoms in total. The van der Waals surface area contributed by atoms with Gasteiger partial charge in [-0.1, -0.05) is 28.1 Å². The van der Waals surface area contributed by atoms with E-state index < -0.39 is 0 Å². The third-order valence-electron chi connectivity index (χ3n) is 1.72. The molecule has 0 fully saturated rings. The SMILES string of the molecule is COc1cccc(C)c1CBr. The van der Waals surface area contributed by atoms with Crippen LogP contribution in [0.3, 0.4) is 0 Å². The number of rotatable bonds is 2. The van der Waals surface area contributed by atoms with Gasteiger partial charge in [-0.15, -0.1) is 0 Å². The van der Waals surface area contributed by atoms with E-state index in [0.717, 1.165) is 11.1 Å². The van der Waals surface area contributed by atoms with Crippen molar-refractivity contribution < 1.29 is 4.74 Å². The first-order valence-electron chi connectivity index (χ1n) is 3.48. The zero-order chi connectivity index (χ0) is 8.27. The smallest absolute Gasteiger partial charge is 0.123 e. The molecule has 0 saturated heterocycles. The predicted octanol–water partition coefficient (Wildman–Crippen LogP) is 2.90. The minimum absolute atomic E-state index is 0.850. The van der Waals surface area contributed by atoms with Crippen LogP contribution in [0.2, 0.25) is 0 Å². The Morgan fingerprint density at radius 3 is 2.64 bits per heavy atom. The lowest BCUT2D eigenvalue weighted by atomic mass is 10.1. The first-order chi connectivity index (χ1) is 5.29. The topological polar surface area (TPSA) is 9.23 Å². The summed E-state index contributed by atoms with van der Waals surface area (Å²) in [6, 6.07) is 6.06. The molecule has 0 radical (unpaired) electrons. The van der Waals surface area contributed by atoms with Crippen LogP contribution in [0.15, 0.2) is 18.2 Å². The van der Waals surface area contributed by atoms with E-state index in [1.165, 1.54) is 11.1 Å². The van der Waals surface area contributed by atoms with E-state index in [4.69, 9.17) is 4.74 Å². The fraction of sp³-hybridized carbons (Fsp3) is 0.333. The monoisotopic (exact) mass is 214 g/mol. The second kappa shape index (κ2) is 3.77. The number of ether oxygens (including phenoxy) is 1. The molecule has 0 spiro atoms. The molecule has 0 aliphatic heterocycles. The van der Waals surface area contributed by atoms with E-state index in [1.54, 1.807) is 7.11 Å². The normalized spacial score (nSPS) is 9.73. The van der Waals surface area contributed by atoms with Crippen LogP contribution in [-0.2, 0) is 5.33 Å². The Bertz CT molecular complexity index is 245. The van der Waals surface area contributed by atoms with E-state index >= 15 is 0 Å². The highest BCUT2D eigenvalue weighted by Crippen LogP contribution is 2.23. The van der Waals surface area contributed by atoms with Gasteiger partial charge in [-0.05, 0) is 18.6 Å². The molecule has 0 saturated carbocycles. The molecule has 0 amide bonds. The molecule has 0 aromatic heterocycles. The second-order valence-corrected chi connectivity index (χ2v) is 2.95. The summed E-state index contributed by atoms with van der Waals surface area (Å²) in [5.74, 6) is 0.960. The van der Waals surface area contributed by atoms with E-state index in [-0.39, 0.29) is 0 Å². The van der Waals surface area contributed by atoms with Crippen LogP contribution in [0.4, 0.5) is 0 Å². The molecule has 2 heteroatoms. The highest BCUT2D eigenvalue weighted by molar-refractivity contribution is 9.08. The third kappa shape index (κ3) is 1.74. The van der Waals surface area contributed by atoms with Crippen LogP contribution < -0.4 is 4.74 Å². The van der Waals surface area contributed by atoms with Crippen molar-refractivity contribution in [2.24, 2.45) is 0 Å². The molecule has 1 aromatic carbocycles. The van der Waals surface area contributed by atoms with Gasteiger partial charge in [-0.25, -0.2) is 0 Å². The van der Waals surface area contributed by atoms with Crippen molar-refractivity contribution in [3.63, 3.8) is 0 Å². The summed E-state index contributed by atoms with van der Waals surface area (Å²) in [5.41, 5.74) is 2.50. The quantitative estimate of drug-likeness (QED) is 0.689. The van der Waals surface area contributed by atoms with Gasteiger partial charge in [-0.2, -0.15) is 0 Å². The van der Waals surface area contributed by atoms with Crippen LogP contribution in [0.1, 0.15) is 11.1 Å². The molecular weight excluding hydrogens is 204 g/mol. The van der Waals surface area contributed by atoms with Crippen molar-refractivity contribution in [2.75, 3.05) is 7.11 Å². The molecular formula is C9H11BrO. The van der Waals surface area contributed by atoms with Crippen LogP contribution in [0.25, 0.3) is 0 Å². The minimum Gasteiger partial charge on any atom is -0.496 e. The number of alkyl halides is 1. The maximum absolute atomic E-state index is 5.19. The average molecular weight is 215 g/mol. The van der Waals surface area contributed by atoms with E-state index in [2.05, 4.69) is 28.9 Å². The van der Waals surface area contributed by atoms with Gasteiger partial charge in [0.2, 0.25) is 0 Å². The Morgan fingerprint density at radius 2 is 2.18 bits per heavy atom. The molecule has 0 N–H and O–H groups in total. The zero-order valence-electron chi connectivity index (χ0n) is 6.73. The van der Waals surface area contributed by atoms with Crippen molar-refractivity contribution in [2.45, 2.75) is 12.3 Å². The molecule has 0 atom stereocenters. The lowest BCUT2D eigenvalue weighted by Crippen LogP contribution is -1.91. The van der Waals surface area contributed by atoms with Gasteiger partial charge in [-0.3, -0.25) is 0 Å². The highest BCUT2D eigenvalue weighted by atomic mass is 79.9. The molecule has 1 rings (SSSR count). The van der Waals surface area contributed by atoms with Gasteiger partial charge < -0.3 is 4.74 Å². The molecule has 0 heterocycles. The van der Waals surface area contributed by atoms with E-state index in [9.17, 15) is 0 Å². The maximum atomic E-state index is 5.19. The standard InChI is InChI=1S/C9H11BrO/c1-7-4-3-5-9(11-2)8(7)6-10/h3-5H,6H2,1-2H3. The van der Waals surface area contributed by atoms with Gasteiger partial charge >= 0.3 is 0 Å². The number of methoxy groups -OCH3 is 1. The average Bonchev–Trinajstić information content (AvgIpc) is 2.04. The number of hydrogen-bond acceptors (Lipinski definition) is 1. The largest absolute Gasteiger partial charge is 0.496 e. The number of hydrogen-bond donors (Lipinski definition) is 0. The van der Waals surface area contributed by atoms with Crippen LogP contribution in [0, 0.1) is 6.92 Å². The Hall–Kier alpha value is -0.500. The zero-order valence-corrected chi connectivity index (χ0v) is 8.31. The molecule has 0 unspecified atom stereocenters. The van der Waals surface area contributed by atoms with Crippen LogP contribution in [-0.4, -0.2) is 7.11 Å². The summed E-state index contributed by atoms with van der Waals surface area (Å²) in [6.07, 6.45) is 0. The van der Waals surface area contributed by atoms with Gasteiger partial charge in [0.25, 0.3) is 0 Å². The van der Waals surface area contributed by atoms with E-state index in [0.29, 0.717) is 0 Å². The van der Waals surface area contributed by atoms with Gasteiger partial charge in [0.05, 0.1) is 7.11 Å². The van der Waals surface area contributed by atoms with Gasteiger partial charge in [0.15, 0.2) is 0 Å². The van der Waals surface area contributed by atoms with Gasteiger partial charge in [0, 0.05) is 10.9 Å². The Morgan fingerprint density at radius 1 is 1.45 bits per heavy atom. The van der Waals surface area contributed by atoms with Crippen molar-refractivity contribution in [3.05, 3.63) is 29.3 Å². The summed E-state index contributed by atoms with van der Waals surface area (Å²) < 4.78 is 5.19. The number of halogens is 1. The summed E-state index contributed by atoms with van der Waals surface area (Å²) in [4.78, 5) is 0. The fourth-order valence-corrected chi connectivity index (χ4v) is 1.76. The minimum atomic E-state index is 0.850. The van der Waals surface area contributed by atoms with Crippen molar-refractivity contribution in [1.29, 1.82) is 0 Å². The summed E-state index contributed by atoms with van der Waals surface area (Å²) in [7, 11) is 1.70. The third-order valence-corrected chi connectivity index (χ3v) is 2.28. The Kier molecular flexibility index (Phi) is 2.94. The highest BCUT2D eigenvalue weighted by Gasteiger charge is 2.02. The van der Waals surface area contributed by atoms with Crippen LogP contribution in [0.5, 0.6) is 5.75 Å². The predicted molar refractivity (Wildman–Crippen MR) is 50.4 cm³/mol. The summed E-state index contributed by atoms with van der Waals surface area (Å²) in [5, 5.41) is 0.850. The van der Waals surface area contributed by atoms with Crippen LogP contribution >= 0.6 is 15.9 Å². The maximum Gasteiger partial charge on any atom is 0.123 e. The molecule has 0 aliphatic rings. The van der Waals surface area contributed by atoms with E-state index in [1.807, 2.05) is 12.1 Å². The summed E-state index contributed by atoms with van der Waals surface area (Å²) >= 11 is 3.42. The molecule has 60 valence electrons. The first kappa shape index (κ1) is 8.60. The first-order valence-corrected chi connectivity index (χ1v) is 4.60. The second-order valence-electron chi connectivity index (χ2n) is 2.39. The lowest BCUT2D eigenvalue weighted by molar-refractivity contribution is 0.411. The summed E-state index contributed by atoms with van der Waals surface area (Å²) in [6.45, 7) is 2.08. The molecule has 11 heavy (non-hydrogen) atoms. The van der Waals surface area contributed by atoms with Crippen molar-refractivity contribution in [3.8, 4) is 5.75 Å². The van der Waals surface area contributed by atoms with Gasteiger partial charge in [0.1, 0.15) is 5.75 Å². The molecule has 0 aliphatic carbocycles. The van der Waals surface area contributed by atoms with Crippen molar-refractivity contribution in [1.82, 2.24) is 0 Å². The molecule has 1 aromatic rings. The number of benzene rings is 1.